The van der Waals surface area contributed by atoms with Gasteiger partial charge in [0.25, 0.3) is 0 Å². The van der Waals surface area contributed by atoms with Crippen LogP contribution in [0.3, 0.4) is 0 Å². The van der Waals surface area contributed by atoms with E-state index in [-0.39, 0.29) is 5.82 Å². The highest BCUT2D eigenvalue weighted by Gasteiger charge is 2.13. The molecule has 3 aromatic carbocycles. The molecule has 0 nitrogen and oxygen atoms in total. The van der Waals surface area contributed by atoms with E-state index in [9.17, 15) is 4.39 Å². The third kappa shape index (κ3) is 2.26. The quantitative estimate of drug-likeness (QED) is 0.472. The van der Waals surface area contributed by atoms with Gasteiger partial charge in [-0.3, -0.25) is 0 Å². The second-order valence-electron chi connectivity index (χ2n) is 4.38. The predicted octanol–water partition coefficient (Wildman–Crippen LogP) is 6.61. The van der Waals surface area contributed by atoms with Crippen molar-refractivity contribution < 1.29 is 4.39 Å². The summed E-state index contributed by atoms with van der Waals surface area (Å²) in [6.07, 6.45) is 0. The van der Waals surface area contributed by atoms with Crippen LogP contribution in [0.15, 0.2) is 48.5 Å². The maximum Gasteiger partial charge on any atom is 0.131 e. The minimum atomic E-state index is -0.273. The smallest absolute Gasteiger partial charge is 0.131 e. The summed E-state index contributed by atoms with van der Waals surface area (Å²) in [6.45, 7) is 0. The van der Waals surface area contributed by atoms with Gasteiger partial charge in [-0.15, -0.1) is 0 Å². The Morgan fingerprint density at radius 3 is 2.05 bits per heavy atom. The molecule has 4 heteroatoms. The number of rotatable bonds is 1. The van der Waals surface area contributed by atoms with Crippen LogP contribution in [0.1, 0.15) is 0 Å². The lowest BCUT2D eigenvalue weighted by Crippen LogP contribution is -1.87. The normalized spacial score (nSPS) is 11.0. The van der Waals surface area contributed by atoms with Crippen molar-refractivity contribution >= 4 is 45.6 Å². The molecule has 0 unspecified atom stereocenters. The van der Waals surface area contributed by atoms with E-state index < -0.39 is 0 Å². The Hall–Kier alpha value is -1.28. The topological polar surface area (TPSA) is 0 Å². The van der Waals surface area contributed by atoms with E-state index in [0.29, 0.717) is 26.0 Å². The van der Waals surface area contributed by atoms with Gasteiger partial charge in [0.1, 0.15) is 5.82 Å². The van der Waals surface area contributed by atoms with Crippen LogP contribution in [0.2, 0.25) is 15.1 Å². The molecule has 0 aliphatic rings. The molecule has 3 aromatic rings. The van der Waals surface area contributed by atoms with Crippen molar-refractivity contribution in [3.05, 3.63) is 69.4 Å². The molecular formula is C16H8Cl3F. The Bertz CT molecular complexity index is 789. The Morgan fingerprint density at radius 1 is 0.750 bits per heavy atom. The molecule has 0 radical (unpaired) electrons. The largest absolute Gasteiger partial charge is 0.206 e. The third-order valence-corrected chi connectivity index (χ3v) is 3.96. The van der Waals surface area contributed by atoms with E-state index in [1.807, 2.05) is 12.1 Å². The summed E-state index contributed by atoms with van der Waals surface area (Å²) in [5.74, 6) is -0.273. The average molecular weight is 326 g/mol. The molecule has 100 valence electrons. The zero-order chi connectivity index (χ0) is 14.3. The van der Waals surface area contributed by atoms with E-state index >= 15 is 0 Å². The first kappa shape index (κ1) is 13.7. The van der Waals surface area contributed by atoms with Crippen molar-refractivity contribution in [2.24, 2.45) is 0 Å². The van der Waals surface area contributed by atoms with E-state index in [1.54, 1.807) is 30.3 Å². The van der Waals surface area contributed by atoms with Crippen LogP contribution < -0.4 is 0 Å². The summed E-state index contributed by atoms with van der Waals surface area (Å²) >= 11 is 18.4. The Balaban J connectivity index is 2.39. The molecule has 0 aliphatic heterocycles. The average Bonchev–Trinajstić information content (AvgIpc) is 2.38. The molecule has 0 bridgehead atoms. The molecule has 0 saturated carbocycles. The van der Waals surface area contributed by atoms with Crippen molar-refractivity contribution in [2.75, 3.05) is 0 Å². The minimum Gasteiger partial charge on any atom is -0.206 e. The van der Waals surface area contributed by atoms with Gasteiger partial charge in [0.15, 0.2) is 0 Å². The monoisotopic (exact) mass is 324 g/mol. The second-order valence-corrected chi connectivity index (χ2v) is 5.64. The molecule has 0 aliphatic carbocycles. The van der Waals surface area contributed by atoms with Gasteiger partial charge in [-0.2, -0.15) is 0 Å². The van der Waals surface area contributed by atoms with E-state index in [1.165, 1.54) is 6.07 Å². The molecule has 3 rings (SSSR count). The Morgan fingerprint density at radius 2 is 1.35 bits per heavy atom. The number of hydrogen-bond acceptors (Lipinski definition) is 0. The number of fused-ring (bicyclic) bond motifs is 1. The molecule has 0 heterocycles. The minimum absolute atomic E-state index is 0.273. The van der Waals surface area contributed by atoms with Crippen LogP contribution in [0.25, 0.3) is 21.9 Å². The Labute approximate surface area is 130 Å². The number of halogens is 4. The van der Waals surface area contributed by atoms with Crippen molar-refractivity contribution in [1.29, 1.82) is 0 Å². The molecule has 0 atom stereocenters. The van der Waals surface area contributed by atoms with Crippen LogP contribution >= 0.6 is 34.8 Å². The van der Waals surface area contributed by atoms with Gasteiger partial charge in [0, 0.05) is 16.0 Å². The lowest BCUT2D eigenvalue weighted by atomic mass is 9.98. The van der Waals surface area contributed by atoms with E-state index in [4.69, 9.17) is 34.8 Å². The fraction of sp³-hybridized carbons (Fsp3) is 0. The lowest BCUT2D eigenvalue weighted by Gasteiger charge is -2.11. The first-order chi connectivity index (χ1) is 9.58. The molecule has 0 fully saturated rings. The van der Waals surface area contributed by atoms with Crippen molar-refractivity contribution in [3.8, 4) is 11.1 Å². The highest BCUT2D eigenvalue weighted by molar-refractivity contribution is 6.42. The summed E-state index contributed by atoms with van der Waals surface area (Å²) < 4.78 is 13.9. The van der Waals surface area contributed by atoms with Crippen molar-refractivity contribution in [2.45, 2.75) is 0 Å². The van der Waals surface area contributed by atoms with Gasteiger partial charge in [-0.05, 0) is 29.1 Å². The van der Waals surface area contributed by atoms with Gasteiger partial charge >= 0.3 is 0 Å². The molecule has 0 spiro atoms. The summed E-state index contributed by atoms with van der Waals surface area (Å²) in [6, 6.07) is 13.6. The van der Waals surface area contributed by atoms with Crippen LogP contribution in [0, 0.1) is 5.82 Å². The van der Waals surface area contributed by atoms with Crippen molar-refractivity contribution in [1.82, 2.24) is 0 Å². The van der Waals surface area contributed by atoms with Gasteiger partial charge in [-0.25, -0.2) is 4.39 Å². The second kappa shape index (κ2) is 5.25. The third-order valence-electron chi connectivity index (χ3n) is 3.15. The first-order valence-electron chi connectivity index (χ1n) is 5.90. The fourth-order valence-corrected chi connectivity index (χ4v) is 3.31. The zero-order valence-corrected chi connectivity index (χ0v) is 12.4. The van der Waals surface area contributed by atoms with Crippen molar-refractivity contribution in [3.63, 3.8) is 0 Å². The number of hydrogen-bond donors (Lipinski definition) is 0. The van der Waals surface area contributed by atoms with Crippen LogP contribution in [-0.4, -0.2) is 0 Å². The van der Waals surface area contributed by atoms with Gasteiger partial charge < -0.3 is 0 Å². The highest BCUT2D eigenvalue weighted by Crippen LogP contribution is 2.40. The molecule has 0 amide bonds. The Kier molecular flexibility index (Phi) is 3.59. The fourth-order valence-electron chi connectivity index (χ4n) is 2.29. The maximum atomic E-state index is 13.9. The van der Waals surface area contributed by atoms with Gasteiger partial charge in [0.2, 0.25) is 0 Å². The first-order valence-corrected chi connectivity index (χ1v) is 7.03. The summed E-state index contributed by atoms with van der Waals surface area (Å²) in [5.41, 5.74) is 1.45. The molecule has 0 aromatic heterocycles. The lowest BCUT2D eigenvalue weighted by molar-refractivity contribution is 0.640. The summed E-state index contributed by atoms with van der Waals surface area (Å²) in [7, 11) is 0. The predicted molar refractivity (Wildman–Crippen MR) is 84.4 cm³/mol. The molecule has 20 heavy (non-hydrogen) atoms. The van der Waals surface area contributed by atoms with Crippen LogP contribution in [-0.2, 0) is 0 Å². The van der Waals surface area contributed by atoms with E-state index in [0.717, 1.165) is 10.9 Å². The van der Waals surface area contributed by atoms with Crippen LogP contribution in [0.5, 0.6) is 0 Å². The SMILES string of the molecule is Fc1cccc2c(-c3c(Cl)cc(Cl)cc3Cl)cccc12. The van der Waals surface area contributed by atoms with Crippen LogP contribution in [0.4, 0.5) is 4.39 Å². The van der Waals surface area contributed by atoms with Gasteiger partial charge in [0.05, 0.1) is 10.0 Å². The number of benzene rings is 3. The van der Waals surface area contributed by atoms with E-state index in [2.05, 4.69) is 0 Å². The molecular weight excluding hydrogens is 318 g/mol. The summed E-state index contributed by atoms with van der Waals surface area (Å²) in [5, 5.41) is 2.65. The highest BCUT2D eigenvalue weighted by atomic mass is 35.5. The molecule has 0 N–H and O–H groups in total. The maximum absolute atomic E-state index is 13.9. The zero-order valence-electron chi connectivity index (χ0n) is 10.1. The summed E-state index contributed by atoms with van der Waals surface area (Å²) in [4.78, 5) is 0. The molecule has 0 saturated heterocycles. The van der Waals surface area contributed by atoms with Gasteiger partial charge in [-0.1, -0.05) is 65.1 Å². The standard InChI is InChI=1S/C16H8Cl3F/c17-9-7-13(18)16(14(19)8-9)12-5-1-4-11-10(12)3-2-6-15(11)20/h1-8H.